The summed E-state index contributed by atoms with van der Waals surface area (Å²) >= 11 is 3.04. The third-order valence-corrected chi connectivity index (χ3v) is 4.79. The first-order valence-electron chi connectivity index (χ1n) is 6.78. The number of thiazole rings is 1. The summed E-state index contributed by atoms with van der Waals surface area (Å²) in [4.78, 5) is 17.5. The summed E-state index contributed by atoms with van der Waals surface area (Å²) in [6, 6.07) is 11.0. The van der Waals surface area contributed by atoms with E-state index in [0.717, 1.165) is 16.1 Å². The lowest BCUT2D eigenvalue weighted by atomic mass is 10.1. The first-order chi connectivity index (χ1) is 10.7. The number of rotatable bonds is 5. The lowest BCUT2D eigenvalue weighted by Gasteiger charge is -2.04. The van der Waals surface area contributed by atoms with Gasteiger partial charge >= 0.3 is 0 Å². The number of phenols is 1. The molecule has 2 heterocycles. The minimum absolute atomic E-state index is 0.102. The second-order valence-electron chi connectivity index (χ2n) is 4.69. The largest absolute Gasteiger partial charge is 0.508 e. The minimum atomic E-state index is -0.102. The standard InChI is InChI=1S/C16H14N2O2S2/c19-13-5-2-1-4-11(13)7-8-15(20)18-16-17-12(10-22-16)14-6-3-9-21-14/h1-6,9-10,19H,7-8H2,(H,17,18,20). The fourth-order valence-electron chi connectivity index (χ4n) is 2.02. The molecule has 0 radical (unpaired) electrons. The number of aryl methyl sites for hydroxylation is 1. The Labute approximate surface area is 136 Å². The van der Waals surface area contributed by atoms with Crippen molar-refractivity contribution >= 4 is 33.7 Å². The van der Waals surface area contributed by atoms with E-state index in [1.807, 2.05) is 35.0 Å². The molecular weight excluding hydrogens is 316 g/mol. The summed E-state index contributed by atoms with van der Waals surface area (Å²) < 4.78 is 0. The molecule has 0 atom stereocenters. The second-order valence-corrected chi connectivity index (χ2v) is 6.50. The summed E-state index contributed by atoms with van der Waals surface area (Å²) in [6.45, 7) is 0. The SMILES string of the molecule is O=C(CCc1ccccc1O)Nc1nc(-c2cccs2)cs1. The molecule has 0 bridgehead atoms. The van der Waals surface area contributed by atoms with Crippen molar-refractivity contribution in [2.75, 3.05) is 5.32 Å². The van der Waals surface area contributed by atoms with Crippen LogP contribution in [0.1, 0.15) is 12.0 Å². The van der Waals surface area contributed by atoms with Gasteiger partial charge in [-0.15, -0.1) is 22.7 Å². The topological polar surface area (TPSA) is 62.2 Å². The molecule has 1 aromatic carbocycles. The highest BCUT2D eigenvalue weighted by Gasteiger charge is 2.09. The van der Waals surface area contributed by atoms with Crippen LogP contribution < -0.4 is 5.32 Å². The molecule has 1 amide bonds. The average Bonchev–Trinajstić information content (AvgIpc) is 3.17. The van der Waals surface area contributed by atoms with Gasteiger partial charge in [-0.1, -0.05) is 24.3 Å². The van der Waals surface area contributed by atoms with Gasteiger partial charge in [0.15, 0.2) is 5.13 Å². The number of aromatic nitrogens is 1. The van der Waals surface area contributed by atoms with E-state index in [0.29, 0.717) is 18.0 Å². The van der Waals surface area contributed by atoms with E-state index >= 15 is 0 Å². The molecule has 22 heavy (non-hydrogen) atoms. The van der Waals surface area contributed by atoms with E-state index in [2.05, 4.69) is 10.3 Å². The Balaban J connectivity index is 1.57. The second kappa shape index (κ2) is 6.72. The first-order valence-corrected chi connectivity index (χ1v) is 8.54. The van der Waals surface area contributed by atoms with Crippen LogP contribution in [-0.2, 0) is 11.2 Å². The van der Waals surface area contributed by atoms with Crippen LogP contribution in [0, 0.1) is 0 Å². The highest BCUT2D eigenvalue weighted by Crippen LogP contribution is 2.28. The number of aromatic hydroxyl groups is 1. The Bertz CT molecular complexity index is 766. The number of nitrogens with one attached hydrogen (secondary N) is 1. The third-order valence-electron chi connectivity index (χ3n) is 3.14. The Morgan fingerprint density at radius 1 is 1.18 bits per heavy atom. The monoisotopic (exact) mass is 330 g/mol. The Morgan fingerprint density at radius 3 is 2.82 bits per heavy atom. The number of benzene rings is 1. The van der Waals surface area contributed by atoms with Gasteiger partial charge in [-0.05, 0) is 29.5 Å². The number of hydrogen-bond donors (Lipinski definition) is 2. The van der Waals surface area contributed by atoms with Gasteiger partial charge in [0, 0.05) is 11.8 Å². The Kier molecular flexibility index (Phi) is 4.50. The smallest absolute Gasteiger partial charge is 0.226 e. The van der Waals surface area contributed by atoms with Gasteiger partial charge < -0.3 is 10.4 Å². The van der Waals surface area contributed by atoms with Crippen molar-refractivity contribution in [3.8, 4) is 16.3 Å². The molecular formula is C16H14N2O2S2. The van der Waals surface area contributed by atoms with Crippen LogP contribution in [0.5, 0.6) is 5.75 Å². The molecule has 0 saturated heterocycles. The van der Waals surface area contributed by atoms with E-state index in [4.69, 9.17) is 0 Å². The number of nitrogens with zero attached hydrogens (tertiary/aromatic N) is 1. The maximum absolute atomic E-state index is 12.0. The van der Waals surface area contributed by atoms with Crippen molar-refractivity contribution < 1.29 is 9.90 Å². The van der Waals surface area contributed by atoms with Crippen LogP contribution in [-0.4, -0.2) is 16.0 Å². The number of phenolic OH excluding ortho intramolecular Hbond substituents is 1. The summed E-state index contributed by atoms with van der Waals surface area (Å²) in [5.74, 6) is 0.125. The van der Waals surface area contributed by atoms with Crippen molar-refractivity contribution in [1.82, 2.24) is 4.98 Å². The molecule has 2 aromatic heterocycles. The molecule has 4 nitrogen and oxygen atoms in total. The van der Waals surface area contributed by atoms with E-state index in [-0.39, 0.29) is 11.7 Å². The highest BCUT2D eigenvalue weighted by molar-refractivity contribution is 7.16. The van der Waals surface area contributed by atoms with Crippen LogP contribution in [0.15, 0.2) is 47.2 Å². The first kappa shape index (κ1) is 14.7. The molecule has 3 rings (SSSR count). The van der Waals surface area contributed by atoms with Crippen molar-refractivity contribution in [3.63, 3.8) is 0 Å². The maximum Gasteiger partial charge on any atom is 0.226 e. The van der Waals surface area contributed by atoms with Crippen molar-refractivity contribution in [2.24, 2.45) is 0 Å². The lowest BCUT2D eigenvalue weighted by molar-refractivity contribution is -0.116. The molecule has 0 aliphatic rings. The predicted octanol–water partition coefficient (Wildman–Crippen LogP) is 4.15. The number of anilines is 1. The fourth-order valence-corrected chi connectivity index (χ4v) is 3.51. The third kappa shape index (κ3) is 3.52. The summed E-state index contributed by atoms with van der Waals surface area (Å²) in [5, 5.41) is 17.0. The number of carbonyl (C=O) groups excluding carboxylic acids is 1. The number of amides is 1. The summed E-state index contributed by atoms with van der Waals surface area (Å²) in [7, 11) is 0. The van der Waals surface area contributed by atoms with Gasteiger partial charge in [0.05, 0.1) is 10.6 Å². The van der Waals surface area contributed by atoms with Gasteiger partial charge in [-0.25, -0.2) is 4.98 Å². The van der Waals surface area contributed by atoms with Crippen LogP contribution >= 0.6 is 22.7 Å². The number of hydrogen-bond acceptors (Lipinski definition) is 5. The zero-order chi connectivity index (χ0) is 15.4. The predicted molar refractivity (Wildman–Crippen MR) is 90.5 cm³/mol. The van der Waals surface area contributed by atoms with E-state index in [1.54, 1.807) is 23.5 Å². The van der Waals surface area contributed by atoms with Crippen LogP contribution in [0.4, 0.5) is 5.13 Å². The zero-order valence-electron chi connectivity index (χ0n) is 11.7. The van der Waals surface area contributed by atoms with Gasteiger partial charge in [0.2, 0.25) is 5.91 Å². The van der Waals surface area contributed by atoms with Crippen molar-refractivity contribution in [1.29, 1.82) is 0 Å². The van der Waals surface area contributed by atoms with Crippen LogP contribution in [0.3, 0.4) is 0 Å². The molecule has 0 fully saturated rings. The molecule has 3 aromatic rings. The van der Waals surface area contributed by atoms with Crippen molar-refractivity contribution in [3.05, 3.63) is 52.7 Å². The number of thiophene rings is 1. The minimum Gasteiger partial charge on any atom is -0.508 e. The summed E-state index contributed by atoms with van der Waals surface area (Å²) in [6.07, 6.45) is 0.813. The van der Waals surface area contributed by atoms with Gasteiger partial charge in [-0.2, -0.15) is 0 Å². The molecule has 112 valence electrons. The number of carbonyl (C=O) groups is 1. The van der Waals surface area contributed by atoms with Crippen LogP contribution in [0.2, 0.25) is 0 Å². The molecule has 0 unspecified atom stereocenters. The maximum atomic E-state index is 12.0. The zero-order valence-corrected chi connectivity index (χ0v) is 13.3. The van der Waals surface area contributed by atoms with Gasteiger partial charge in [-0.3, -0.25) is 4.79 Å². The van der Waals surface area contributed by atoms with Crippen molar-refractivity contribution in [2.45, 2.75) is 12.8 Å². The lowest BCUT2D eigenvalue weighted by Crippen LogP contribution is -2.12. The molecule has 6 heteroatoms. The molecule has 0 spiro atoms. The Hall–Kier alpha value is -2.18. The van der Waals surface area contributed by atoms with E-state index in [9.17, 15) is 9.90 Å². The van der Waals surface area contributed by atoms with Crippen LogP contribution in [0.25, 0.3) is 10.6 Å². The molecule has 0 aliphatic carbocycles. The van der Waals surface area contributed by atoms with Gasteiger partial charge in [0.25, 0.3) is 0 Å². The molecule has 2 N–H and O–H groups in total. The highest BCUT2D eigenvalue weighted by atomic mass is 32.1. The van der Waals surface area contributed by atoms with E-state index in [1.165, 1.54) is 11.3 Å². The fraction of sp³-hybridized carbons (Fsp3) is 0.125. The molecule has 0 saturated carbocycles. The Morgan fingerprint density at radius 2 is 2.05 bits per heavy atom. The average molecular weight is 330 g/mol. The summed E-state index contributed by atoms with van der Waals surface area (Å²) in [5.41, 5.74) is 1.66. The van der Waals surface area contributed by atoms with E-state index < -0.39 is 0 Å². The molecule has 0 aliphatic heterocycles. The van der Waals surface area contributed by atoms with Gasteiger partial charge in [0.1, 0.15) is 5.75 Å². The number of para-hydroxylation sites is 1. The normalized spacial score (nSPS) is 10.5. The quantitative estimate of drug-likeness (QED) is 0.739.